The van der Waals surface area contributed by atoms with Gasteiger partial charge in [-0.3, -0.25) is 14.4 Å². The van der Waals surface area contributed by atoms with Crippen LogP contribution in [0.4, 0.5) is 15.5 Å². The highest BCUT2D eigenvalue weighted by atomic mass is 28.4. The predicted octanol–water partition coefficient (Wildman–Crippen LogP) is 4.02. The fourth-order valence-corrected chi connectivity index (χ4v) is 10.6. The largest absolute Gasteiger partial charge is 0.394 e. The van der Waals surface area contributed by atoms with Gasteiger partial charge < -0.3 is 34.4 Å². The number of fused-ring (bicyclic) bond motifs is 3. The number of nitrogens with one attached hydrogen (secondary N) is 2. The summed E-state index contributed by atoms with van der Waals surface area (Å²) < 4.78 is 23.1. The normalized spacial score (nSPS) is 29.2. The number of nitrogens with zero attached hydrogens (tertiary/aromatic N) is 2. The van der Waals surface area contributed by atoms with Crippen molar-refractivity contribution >= 4 is 37.5 Å². The molecule has 11 heteroatoms. The Morgan fingerprint density at radius 1 is 1.24 bits per heavy atom. The van der Waals surface area contributed by atoms with E-state index in [0.29, 0.717) is 29.9 Å². The van der Waals surface area contributed by atoms with Crippen LogP contribution < -0.4 is 15.5 Å². The molecule has 6 atom stereocenters. The molecule has 2 aromatic rings. The SMILES string of the molecule is C=CCN1C(=O)[C@]2(O[C@H](CC(=O)N3Cc4ccccc4C[C@H]3CO)[C@@H]([Si](C)(C)F)[C@@H]2C)c2cc(NC(=O)[C@H]3CCCN3)ccc21. The van der Waals surface area contributed by atoms with Crippen molar-refractivity contribution < 1.29 is 28.3 Å². The second-order valence-electron chi connectivity index (χ2n) is 13.4. The Morgan fingerprint density at radius 2 is 2.00 bits per heavy atom. The quantitative estimate of drug-likeness (QED) is 0.230. The third-order valence-corrected chi connectivity index (χ3v) is 12.6. The van der Waals surface area contributed by atoms with Gasteiger partial charge >= 0.3 is 0 Å². The van der Waals surface area contributed by atoms with Crippen molar-refractivity contribution in [3.05, 3.63) is 71.8 Å². The summed E-state index contributed by atoms with van der Waals surface area (Å²) in [6.45, 7) is 10.1. The Morgan fingerprint density at radius 3 is 2.67 bits per heavy atom. The standard InChI is InChI=1S/C34H43FN4O5Si/c1-5-15-38-28-13-12-24(37-32(42)27-11-8-14-36-27)17-26(28)34(33(38)43)21(2)31(45(3,4)35)29(44-34)18-30(41)39-19-23-10-7-6-9-22(23)16-25(39)20-40/h5-7,9-10,12-13,17,21,25,27,29,31,36,40H,1,8,11,14-16,18-20H2,2-4H3,(H,37,42)/t21-,25-,27+,29+,31-,34+/m0/s1. The number of ether oxygens (including phenoxy) is 1. The summed E-state index contributed by atoms with van der Waals surface area (Å²) in [6, 6.07) is 12.5. The van der Waals surface area contributed by atoms with Crippen LogP contribution in [0, 0.1) is 5.92 Å². The fraction of sp³-hybridized carbons (Fsp3) is 0.500. The Hall–Kier alpha value is -3.38. The van der Waals surface area contributed by atoms with Crippen molar-refractivity contribution in [1.82, 2.24) is 10.2 Å². The van der Waals surface area contributed by atoms with E-state index in [9.17, 15) is 19.5 Å². The van der Waals surface area contributed by atoms with Crippen molar-refractivity contribution in [1.29, 1.82) is 0 Å². The first-order valence-electron chi connectivity index (χ1n) is 15.9. The summed E-state index contributed by atoms with van der Waals surface area (Å²) in [5, 5.41) is 16.4. The highest BCUT2D eigenvalue weighted by Gasteiger charge is 2.67. The van der Waals surface area contributed by atoms with Gasteiger partial charge in [0, 0.05) is 35.8 Å². The van der Waals surface area contributed by atoms with E-state index in [1.807, 2.05) is 31.2 Å². The molecule has 3 amide bonds. The van der Waals surface area contributed by atoms with E-state index in [0.717, 1.165) is 30.5 Å². The number of aliphatic hydroxyl groups is 1. The number of benzene rings is 2. The van der Waals surface area contributed by atoms with Gasteiger partial charge in [-0.05, 0) is 68.2 Å². The maximum Gasteiger partial charge on any atom is 0.264 e. The lowest BCUT2D eigenvalue weighted by molar-refractivity contribution is -0.150. The van der Waals surface area contributed by atoms with Gasteiger partial charge in [0.05, 0.1) is 36.9 Å². The Bertz CT molecular complexity index is 1510. The zero-order chi connectivity index (χ0) is 32.1. The zero-order valence-corrected chi connectivity index (χ0v) is 27.2. The molecule has 45 heavy (non-hydrogen) atoms. The molecule has 0 saturated carbocycles. The number of anilines is 2. The zero-order valence-electron chi connectivity index (χ0n) is 26.2. The summed E-state index contributed by atoms with van der Waals surface area (Å²) in [5.74, 6) is -1.28. The van der Waals surface area contributed by atoms with Crippen LogP contribution >= 0.6 is 0 Å². The first kappa shape index (κ1) is 31.6. The van der Waals surface area contributed by atoms with Gasteiger partial charge in [0.1, 0.15) is 0 Å². The van der Waals surface area contributed by atoms with Gasteiger partial charge in [0.2, 0.25) is 20.2 Å². The molecule has 6 rings (SSSR count). The molecule has 0 unspecified atom stereocenters. The van der Waals surface area contributed by atoms with E-state index in [-0.39, 0.29) is 43.3 Å². The number of hydrogen-bond donors (Lipinski definition) is 3. The molecule has 2 fully saturated rings. The maximum atomic E-state index is 16.3. The van der Waals surface area contributed by atoms with Crippen molar-refractivity contribution in [2.45, 2.75) is 81.6 Å². The summed E-state index contributed by atoms with van der Waals surface area (Å²) >= 11 is 0. The van der Waals surface area contributed by atoms with Gasteiger partial charge in [0.15, 0.2) is 5.60 Å². The third-order valence-electron chi connectivity index (χ3n) is 10.2. The predicted molar refractivity (Wildman–Crippen MR) is 173 cm³/mol. The molecule has 0 aromatic heterocycles. The van der Waals surface area contributed by atoms with Crippen LogP contribution in [-0.4, -0.2) is 74.0 Å². The molecule has 4 heterocycles. The van der Waals surface area contributed by atoms with Crippen LogP contribution in [0.5, 0.6) is 0 Å². The van der Waals surface area contributed by atoms with Crippen molar-refractivity contribution in [2.75, 3.05) is 29.9 Å². The average Bonchev–Trinajstić information content (AvgIpc) is 3.70. The minimum absolute atomic E-state index is 0.108. The molecule has 4 aliphatic rings. The summed E-state index contributed by atoms with van der Waals surface area (Å²) in [7, 11) is -3.51. The minimum Gasteiger partial charge on any atom is -0.394 e. The highest BCUT2D eigenvalue weighted by molar-refractivity contribution is 6.72. The van der Waals surface area contributed by atoms with Crippen molar-refractivity contribution in [2.24, 2.45) is 5.92 Å². The number of carbonyl (C=O) groups is 3. The molecule has 2 aromatic carbocycles. The fourth-order valence-electron chi connectivity index (χ4n) is 8.10. The van der Waals surface area contributed by atoms with Gasteiger partial charge in [-0.25, -0.2) is 0 Å². The van der Waals surface area contributed by atoms with Crippen molar-refractivity contribution in [3.63, 3.8) is 0 Å². The molecule has 0 aliphatic carbocycles. The molecule has 3 N–H and O–H groups in total. The van der Waals surface area contributed by atoms with Gasteiger partial charge in [-0.2, -0.15) is 0 Å². The highest BCUT2D eigenvalue weighted by Crippen LogP contribution is 2.60. The van der Waals surface area contributed by atoms with E-state index in [1.54, 1.807) is 47.2 Å². The molecule has 4 aliphatic heterocycles. The van der Waals surface area contributed by atoms with E-state index < -0.39 is 37.6 Å². The Labute approximate surface area is 265 Å². The van der Waals surface area contributed by atoms with E-state index in [1.165, 1.54) is 0 Å². The average molecular weight is 635 g/mol. The number of carbonyl (C=O) groups excluding carboxylic acids is 3. The maximum absolute atomic E-state index is 16.3. The number of aliphatic hydroxyl groups excluding tert-OH is 1. The second kappa shape index (κ2) is 12.1. The number of rotatable bonds is 8. The van der Waals surface area contributed by atoms with Crippen molar-refractivity contribution in [3.8, 4) is 0 Å². The van der Waals surface area contributed by atoms with E-state index in [4.69, 9.17) is 4.74 Å². The van der Waals surface area contributed by atoms with E-state index in [2.05, 4.69) is 17.2 Å². The summed E-state index contributed by atoms with van der Waals surface area (Å²) in [6.07, 6.45) is 2.89. The first-order chi connectivity index (χ1) is 21.5. The minimum atomic E-state index is -3.51. The second-order valence-corrected chi connectivity index (χ2v) is 17.2. The number of amides is 3. The van der Waals surface area contributed by atoms with E-state index >= 15 is 4.11 Å². The number of hydrogen-bond acceptors (Lipinski definition) is 6. The molecule has 240 valence electrons. The van der Waals surface area contributed by atoms with Gasteiger partial charge in [-0.1, -0.05) is 37.3 Å². The smallest absolute Gasteiger partial charge is 0.264 e. The van der Waals surface area contributed by atoms with Crippen LogP contribution in [0.1, 0.15) is 42.9 Å². The molecular formula is C34H43FN4O5Si. The molecule has 1 spiro atoms. The molecule has 9 nitrogen and oxygen atoms in total. The third kappa shape index (κ3) is 5.43. The molecule has 0 bridgehead atoms. The lowest BCUT2D eigenvalue weighted by Crippen LogP contribution is -2.48. The first-order valence-corrected chi connectivity index (χ1v) is 18.9. The van der Waals surface area contributed by atoms with Crippen LogP contribution in [-0.2, 0) is 37.7 Å². The molecular weight excluding hydrogens is 591 g/mol. The van der Waals surface area contributed by atoms with Gasteiger partial charge in [0.25, 0.3) is 5.91 Å². The monoisotopic (exact) mass is 634 g/mol. The lowest BCUT2D eigenvalue weighted by atomic mass is 9.82. The molecule has 0 radical (unpaired) electrons. The Balaban J connectivity index is 1.34. The Kier molecular flexibility index (Phi) is 8.49. The van der Waals surface area contributed by atoms with Crippen LogP contribution in [0.2, 0.25) is 18.6 Å². The van der Waals surface area contributed by atoms with Crippen LogP contribution in [0.3, 0.4) is 0 Å². The molecule has 2 saturated heterocycles. The summed E-state index contributed by atoms with van der Waals surface area (Å²) in [5.41, 5.74) is 1.66. The summed E-state index contributed by atoms with van der Waals surface area (Å²) in [4.78, 5) is 44.6. The lowest BCUT2D eigenvalue weighted by Gasteiger charge is -2.37. The van der Waals surface area contributed by atoms with Crippen LogP contribution in [0.15, 0.2) is 55.1 Å². The topological polar surface area (TPSA) is 111 Å². The van der Waals surface area contributed by atoms with Gasteiger partial charge in [-0.15, -0.1) is 6.58 Å². The number of halogens is 1. The van der Waals surface area contributed by atoms with Crippen LogP contribution in [0.25, 0.3) is 0 Å².